The minimum Gasteiger partial charge on any atom is -0.489 e. The molecule has 0 unspecified atom stereocenters. The lowest BCUT2D eigenvalue weighted by molar-refractivity contribution is 0.244. The standard InChI is InChI=1S/C22H26N4O/c1-15(2)23-22-25-19(17-10-6-5-7-11-17)14-21(26-22)24-18-12-8-9-13-20(18)27-16(3)4/h5-16H,1-4H3,(H2,23,24,25,26). The molecule has 0 atom stereocenters. The van der Waals surface area contributed by atoms with Crippen LogP contribution in [-0.2, 0) is 0 Å². The maximum atomic E-state index is 5.91. The van der Waals surface area contributed by atoms with Gasteiger partial charge < -0.3 is 15.4 Å². The van der Waals surface area contributed by atoms with Gasteiger partial charge in [-0.05, 0) is 39.8 Å². The van der Waals surface area contributed by atoms with Crippen molar-refractivity contribution >= 4 is 17.5 Å². The second-order valence-electron chi connectivity index (χ2n) is 6.91. The lowest BCUT2D eigenvalue weighted by Gasteiger charge is -2.16. The van der Waals surface area contributed by atoms with Crippen molar-refractivity contribution in [2.24, 2.45) is 0 Å². The molecule has 1 aromatic heterocycles. The number of anilines is 3. The first-order valence-electron chi connectivity index (χ1n) is 9.25. The molecule has 1 heterocycles. The van der Waals surface area contributed by atoms with E-state index in [1.165, 1.54) is 0 Å². The summed E-state index contributed by atoms with van der Waals surface area (Å²) in [5.41, 5.74) is 2.78. The highest BCUT2D eigenvalue weighted by Crippen LogP contribution is 2.29. The second-order valence-corrected chi connectivity index (χ2v) is 6.91. The maximum absolute atomic E-state index is 5.91. The van der Waals surface area contributed by atoms with Crippen molar-refractivity contribution in [3.05, 3.63) is 60.7 Å². The molecule has 0 bridgehead atoms. The van der Waals surface area contributed by atoms with E-state index in [4.69, 9.17) is 4.74 Å². The van der Waals surface area contributed by atoms with E-state index in [9.17, 15) is 0 Å². The van der Waals surface area contributed by atoms with Crippen LogP contribution in [0.5, 0.6) is 5.75 Å². The molecule has 0 fully saturated rings. The number of nitrogens with zero attached hydrogens (tertiary/aromatic N) is 2. The first-order chi connectivity index (χ1) is 13.0. The number of aromatic nitrogens is 2. The molecule has 5 nitrogen and oxygen atoms in total. The quantitative estimate of drug-likeness (QED) is 0.581. The van der Waals surface area contributed by atoms with Crippen LogP contribution >= 0.6 is 0 Å². The molecule has 0 aliphatic heterocycles. The van der Waals surface area contributed by atoms with Crippen molar-refractivity contribution in [3.63, 3.8) is 0 Å². The van der Waals surface area contributed by atoms with Gasteiger partial charge in [0.1, 0.15) is 11.6 Å². The van der Waals surface area contributed by atoms with E-state index in [1.54, 1.807) is 0 Å². The summed E-state index contributed by atoms with van der Waals surface area (Å²) in [6, 6.07) is 20.2. The Hall–Kier alpha value is -3.08. The van der Waals surface area contributed by atoms with Crippen molar-refractivity contribution < 1.29 is 4.74 Å². The van der Waals surface area contributed by atoms with E-state index in [2.05, 4.69) is 34.4 Å². The molecular formula is C22H26N4O. The predicted molar refractivity (Wildman–Crippen MR) is 112 cm³/mol. The Kier molecular flexibility index (Phi) is 5.91. The van der Waals surface area contributed by atoms with Gasteiger partial charge in [-0.15, -0.1) is 0 Å². The van der Waals surface area contributed by atoms with Gasteiger partial charge in [-0.3, -0.25) is 0 Å². The lowest BCUT2D eigenvalue weighted by atomic mass is 10.1. The minimum atomic E-state index is 0.0939. The van der Waals surface area contributed by atoms with Crippen molar-refractivity contribution in [2.75, 3.05) is 10.6 Å². The van der Waals surface area contributed by atoms with Crippen LogP contribution in [0.4, 0.5) is 17.5 Å². The first-order valence-corrected chi connectivity index (χ1v) is 9.25. The van der Waals surface area contributed by atoms with Crippen LogP contribution < -0.4 is 15.4 Å². The van der Waals surface area contributed by atoms with Gasteiger partial charge in [0.2, 0.25) is 5.95 Å². The van der Waals surface area contributed by atoms with Crippen molar-refractivity contribution in [2.45, 2.75) is 39.8 Å². The number of hydrogen-bond acceptors (Lipinski definition) is 5. The van der Waals surface area contributed by atoms with Gasteiger partial charge in [-0.25, -0.2) is 4.98 Å². The van der Waals surface area contributed by atoms with Crippen molar-refractivity contribution in [3.8, 4) is 17.0 Å². The fourth-order valence-electron chi connectivity index (χ4n) is 2.66. The fourth-order valence-corrected chi connectivity index (χ4v) is 2.66. The number of nitrogens with one attached hydrogen (secondary N) is 2. The highest BCUT2D eigenvalue weighted by molar-refractivity contribution is 5.70. The average molecular weight is 362 g/mol. The Morgan fingerprint density at radius 1 is 0.852 bits per heavy atom. The third kappa shape index (κ3) is 5.20. The smallest absolute Gasteiger partial charge is 0.225 e. The minimum absolute atomic E-state index is 0.0939. The summed E-state index contributed by atoms with van der Waals surface area (Å²) in [5.74, 6) is 2.11. The van der Waals surface area contributed by atoms with E-state index in [1.807, 2.05) is 74.5 Å². The number of hydrogen-bond donors (Lipinski definition) is 2. The molecule has 27 heavy (non-hydrogen) atoms. The summed E-state index contributed by atoms with van der Waals surface area (Å²) in [6.45, 7) is 8.16. The van der Waals surface area contributed by atoms with Crippen LogP contribution in [0.15, 0.2) is 60.7 Å². The molecule has 0 amide bonds. The molecule has 0 saturated heterocycles. The highest BCUT2D eigenvalue weighted by atomic mass is 16.5. The van der Waals surface area contributed by atoms with Gasteiger partial charge in [0.05, 0.1) is 17.5 Å². The van der Waals surface area contributed by atoms with Crippen molar-refractivity contribution in [1.82, 2.24) is 9.97 Å². The van der Waals surface area contributed by atoms with Crippen LogP contribution in [0.25, 0.3) is 11.3 Å². The van der Waals surface area contributed by atoms with Crippen LogP contribution in [0, 0.1) is 0 Å². The second kappa shape index (κ2) is 8.54. The zero-order valence-corrected chi connectivity index (χ0v) is 16.2. The van der Waals surface area contributed by atoms with E-state index >= 15 is 0 Å². The average Bonchev–Trinajstić information content (AvgIpc) is 2.63. The fraction of sp³-hybridized carbons (Fsp3) is 0.273. The maximum Gasteiger partial charge on any atom is 0.225 e. The Bertz CT molecular complexity index is 878. The predicted octanol–water partition coefficient (Wildman–Crippen LogP) is 5.49. The SMILES string of the molecule is CC(C)Nc1nc(Nc2ccccc2OC(C)C)cc(-c2ccccc2)n1. The van der Waals surface area contributed by atoms with E-state index in [0.717, 1.165) is 22.7 Å². The van der Waals surface area contributed by atoms with Gasteiger partial charge in [-0.1, -0.05) is 42.5 Å². The Balaban J connectivity index is 1.97. The van der Waals surface area contributed by atoms with Gasteiger partial charge in [0, 0.05) is 17.7 Å². The largest absolute Gasteiger partial charge is 0.489 e. The van der Waals surface area contributed by atoms with Gasteiger partial charge in [-0.2, -0.15) is 4.98 Å². The summed E-state index contributed by atoms with van der Waals surface area (Å²) in [5, 5.41) is 6.68. The summed E-state index contributed by atoms with van der Waals surface area (Å²) >= 11 is 0. The van der Waals surface area contributed by atoms with Crippen LogP contribution in [0.3, 0.4) is 0 Å². The first kappa shape index (κ1) is 18.7. The van der Waals surface area contributed by atoms with E-state index in [0.29, 0.717) is 11.8 Å². The number of ether oxygens (including phenoxy) is 1. The van der Waals surface area contributed by atoms with E-state index < -0.39 is 0 Å². The molecule has 3 aromatic rings. The molecule has 140 valence electrons. The number of benzene rings is 2. The summed E-state index contributed by atoms with van der Waals surface area (Å²) < 4.78 is 5.91. The third-order valence-corrected chi connectivity index (χ3v) is 3.73. The topological polar surface area (TPSA) is 59.1 Å². The zero-order chi connectivity index (χ0) is 19.2. The third-order valence-electron chi connectivity index (χ3n) is 3.73. The summed E-state index contributed by atoms with van der Waals surface area (Å²) in [7, 11) is 0. The molecule has 5 heteroatoms. The number of para-hydroxylation sites is 2. The van der Waals surface area contributed by atoms with Crippen molar-refractivity contribution in [1.29, 1.82) is 0 Å². The molecule has 0 radical (unpaired) electrons. The molecule has 0 aliphatic rings. The Morgan fingerprint density at radius 2 is 1.56 bits per heavy atom. The highest BCUT2D eigenvalue weighted by Gasteiger charge is 2.10. The molecule has 2 N–H and O–H groups in total. The molecule has 0 aliphatic carbocycles. The molecule has 2 aromatic carbocycles. The monoisotopic (exact) mass is 362 g/mol. The van der Waals surface area contributed by atoms with Gasteiger partial charge in [0.25, 0.3) is 0 Å². The molecular weight excluding hydrogens is 336 g/mol. The van der Waals surface area contributed by atoms with E-state index in [-0.39, 0.29) is 12.1 Å². The van der Waals surface area contributed by atoms with Gasteiger partial charge >= 0.3 is 0 Å². The summed E-state index contributed by atoms with van der Waals surface area (Å²) in [6.07, 6.45) is 0.0939. The normalized spacial score (nSPS) is 10.9. The summed E-state index contributed by atoms with van der Waals surface area (Å²) in [4.78, 5) is 9.29. The van der Waals surface area contributed by atoms with Gasteiger partial charge in [0.15, 0.2) is 0 Å². The molecule has 0 spiro atoms. The van der Waals surface area contributed by atoms with Crippen LogP contribution in [0.1, 0.15) is 27.7 Å². The van der Waals surface area contributed by atoms with Crippen LogP contribution in [-0.4, -0.2) is 22.1 Å². The van der Waals surface area contributed by atoms with Crippen LogP contribution in [0.2, 0.25) is 0 Å². The molecule has 3 rings (SSSR count). The Labute approximate surface area is 160 Å². The lowest BCUT2D eigenvalue weighted by Crippen LogP contribution is -2.13. The number of rotatable bonds is 7. The molecule has 0 saturated carbocycles. The Morgan fingerprint density at radius 3 is 2.26 bits per heavy atom. The zero-order valence-electron chi connectivity index (χ0n) is 16.2.